The number of nitrogens with zero attached hydrogens (tertiary/aromatic N) is 1. The molecule has 0 bridgehead atoms. The number of hydrogen-bond acceptors (Lipinski definition) is 1. The fourth-order valence-corrected chi connectivity index (χ4v) is 12.8. The predicted molar refractivity (Wildman–Crippen MR) is 142 cm³/mol. The van der Waals surface area contributed by atoms with Crippen LogP contribution in [0.1, 0.15) is 13.8 Å². The normalized spacial score (nSPS) is 11.9. The minimum Gasteiger partial charge on any atom is -0.235 e. The smallest absolute Gasteiger partial charge is 0.0751 e. The predicted octanol–water partition coefficient (Wildman–Crippen LogP) is 5.79. The van der Waals surface area contributed by atoms with Crippen molar-refractivity contribution in [3.63, 3.8) is 0 Å². The molecule has 0 unspecified atom stereocenters. The summed E-state index contributed by atoms with van der Waals surface area (Å²) >= 11 is 6.76. The molecule has 4 aromatic rings. The largest absolute Gasteiger partial charge is 0.235 e. The van der Waals surface area contributed by atoms with Crippen LogP contribution in [0.25, 0.3) is 0 Å². The maximum absolute atomic E-state index is 6.76. The highest BCUT2D eigenvalue weighted by molar-refractivity contribution is 8.22. The van der Waals surface area contributed by atoms with Crippen LogP contribution >= 0.6 is 14.3 Å². The summed E-state index contributed by atoms with van der Waals surface area (Å²) in [6.45, 7) is 4.57. The zero-order valence-electron chi connectivity index (χ0n) is 17.9. The van der Waals surface area contributed by atoms with E-state index in [9.17, 15) is 0 Å². The molecule has 0 atom stereocenters. The number of rotatable bonds is 7. The molecule has 0 heterocycles. The Balaban J connectivity index is 2.01. The lowest BCUT2D eigenvalue weighted by Crippen LogP contribution is -2.38. The maximum Gasteiger partial charge on any atom is 0.0751 e. The van der Waals surface area contributed by atoms with Gasteiger partial charge in [0.05, 0.1) is 6.19 Å². The second-order valence-corrected chi connectivity index (χ2v) is 14.2. The van der Waals surface area contributed by atoms with E-state index in [-0.39, 0.29) is 6.04 Å². The van der Waals surface area contributed by atoms with Gasteiger partial charge in [0, 0.05) is 24.7 Å². The Morgan fingerprint density at radius 2 is 0.903 bits per heavy atom. The molecule has 0 N–H and O–H groups in total. The van der Waals surface area contributed by atoms with Crippen LogP contribution in [0.4, 0.5) is 0 Å². The number of benzene rings is 4. The highest BCUT2D eigenvalue weighted by Crippen LogP contribution is 2.61. The van der Waals surface area contributed by atoms with Crippen LogP contribution in [0.5, 0.6) is 0 Å². The van der Waals surface area contributed by atoms with Gasteiger partial charge in [-0.3, -0.25) is 0 Å². The Labute approximate surface area is 192 Å². The van der Waals surface area contributed by atoms with E-state index in [0.29, 0.717) is 0 Å². The van der Waals surface area contributed by atoms with Gasteiger partial charge in [-0.2, -0.15) is 0 Å². The molecular formula is C27H27NP2S. The minimum absolute atomic E-state index is 0.276. The van der Waals surface area contributed by atoms with E-state index in [1.165, 1.54) is 21.2 Å². The first-order valence-corrected chi connectivity index (χ1v) is 14.6. The van der Waals surface area contributed by atoms with Gasteiger partial charge >= 0.3 is 0 Å². The van der Waals surface area contributed by atoms with Crippen LogP contribution in [-0.2, 0) is 11.8 Å². The standard InChI is InChI=1S/C27H27NP2S/c1-23(2)28(29(24-15-7-3-8-16-24)25-17-9-4-10-18-25)30(31,26-19-11-5-12-20-26)27-21-13-6-14-22-27/h3-23H,1-2H3. The molecule has 0 saturated heterocycles. The summed E-state index contributed by atoms with van der Waals surface area (Å²) in [5.41, 5.74) is 0. The summed E-state index contributed by atoms with van der Waals surface area (Å²) in [4.78, 5) is 0. The van der Waals surface area contributed by atoms with Gasteiger partial charge in [0.25, 0.3) is 0 Å². The topological polar surface area (TPSA) is 3.24 Å². The van der Waals surface area contributed by atoms with Crippen LogP contribution in [0.15, 0.2) is 121 Å². The molecule has 4 heteroatoms. The summed E-state index contributed by atoms with van der Waals surface area (Å²) in [6, 6.07) is 43.5. The van der Waals surface area contributed by atoms with Crippen LogP contribution in [0.3, 0.4) is 0 Å². The van der Waals surface area contributed by atoms with E-state index < -0.39 is 14.3 Å². The van der Waals surface area contributed by atoms with Crippen molar-refractivity contribution in [1.29, 1.82) is 0 Å². The average molecular weight is 460 g/mol. The molecule has 4 rings (SSSR count). The van der Waals surface area contributed by atoms with E-state index >= 15 is 0 Å². The molecular weight excluding hydrogens is 432 g/mol. The highest BCUT2D eigenvalue weighted by Gasteiger charge is 2.38. The quantitative estimate of drug-likeness (QED) is 0.322. The van der Waals surface area contributed by atoms with Crippen molar-refractivity contribution >= 4 is 47.3 Å². The molecule has 0 aliphatic rings. The van der Waals surface area contributed by atoms with Crippen molar-refractivity contribution < 1.29 is 0 Å². The van der Waals surface area contributed by atoms with Crippen molar-refractivity contribution in [2.45, 2.75) is 19.9 Å². The second-order valence-electron chi connectivity index (χ2n) is 7.64. The fourth-order valence-electron chi connectivity index (χ4n) is 3.85. The molecule has 0 saturated carbocycles. The lowest BCUT2D eigenvalue weighted by atomic mass is 10.4. The summed E-state index contributed by atoms with van der Waals surface area (Å²) in [5, 5.41) is 5.14. The monoisotopic (exact) mass is 459 g/mol. The van der Waals surface area contributed by atoms with Gasteiger partial charge < -0.3 is 0 Å². The third-order valence-electron chi connectivity index (χ3n) is 5.17. The SMILES string of the molecule is CC(C)N(P(c1ccccc1)c1ccccc1)P(=S)(c1ccccc1)c1ccccc1. The lowest BCUT2D eigenvalue weighted by Gasteiger charge is -2.44. The van der Waals surface area contributed by atoms with E-state index in [2.05, 4.69) is 140 Å². The van der Waals surface area contributed by atoms with Gasteiger partial charge in [0.15, 0.2) is 0 Å². The van der Waals surface area contributed by atoms with Crippen molar-refractivity contribution in [2.75, 3.05) is 0 Å². The third kappa shape index (κ3) is 4.59. The Bertz CT molecular complexity index is 1050. The van der Waals surface area contributed by atoms with Crippen molar-refractivity contribution in [3.8, 4) is 0 Å². The van der Waals surface area contributed by atoms with E-state index in [4.69, 9.17) is 11.8 Å². The van der Waals surface area contributed by atoms with Crippen molar-refractivity contribution in [1.82, 2.24) is 4.44 Å². The maximum atomic E-state index is 6.76. The Hall–Kier alpha value is -2.08. The summed E-state index contributed by atoms with van der Waals surface area (Å²) in [6.07, 6.45) is -2.28. The molecule has 0 aliphatic heterocycles. The van der Waals surface area contributed by atoms with Crippen molar-refractivity contribution in [3.05, 3.63) is 121 Å². The zero-order chi connectivity index (χ0) is 21.7. The molecule has 0 spiro atoms. The molecule has 156 valence electrons. The van der Waals surface area contributed by atoms with E-state index in [0.717, 1.165) is 0 Å². The van der Waals surface area contributed by atoms with Gasteiger partial charge in [-0.15, -0.1) is 0 Å². The summed E-state index contributed by atoms with van der Waals surface area (Å²) < 4.78 is 2.66. The van der Waals surface area contributed by atoms with E-state index in [1.807, 2.05) is 0 Å². The average Bonchev–Trinajstić information content (AvgIpc) is 2.84. The highest BCUT2D eigenvalue weighted by atomic mass is 32.4. The van der Waals surface area contributed by atoms with E-state index in [1.54, 1.807) is 0 Å². The Morgan fingerprint density at radius 3 is 1.23 bits per heavy atom. The summed E-state index contributed by atoms with van der Waals surface area (Å²) in [7, 11) is -0.810. The summed E-state index contributed by atoms with van der Waals surface area (Å²) in [5.74, 6) is 0. The Morgan fingerprint density at radius 1 is 0.581 bits per heavy atom. The molecule has 0 amide bonds. The molecule has 4 aromatic carbocycles. The lowest BCUT2D eigenvalue weighted by molar-refractivity contribution is 0.582. The molecule has 1 nitrogen and oxygen atoms in total. The minimum atomic E-state index is -2.28. The van der Waals surface area contributed by atoms with Crippen LogP contribution in [0.2, 0.25) is 0 Å². The third-order valence-corrected chi connectivity index (χ3v) is 14.1. The van der Waals surface area contributed by atoms with Crippen LogP contribution in [-0.4, -0.2) is 10.5 Å². The molecule has 0 fully saturated rings. The van der Waals surface area contributed by atoms with Gasteiger partial charge in [0.1, 0.15) is 0 Å². The Kier molecular flexibility index (Phi) is 7.16. The van der Waals surface area contributed by atoms with Gasteiger partial charge in [-0.05, 0) is 24.5 Å². The molecule has 0 radical (unpaired) electrons. The van der Waals surface area contributed by atoms with Gasteiger partial charge in [-0.1, -0.05) is 133 Å². The first-order chi connectivity index (χ1) is 15.1. The fraction of sp³-hybridized carbons (Fsp3) is 0.111. The second kappa shape index (κ2) is 10.0. The van der Waals surface area contributed by atoms with Gasteiger partial charge in [-0.25, -0.2) is 4.44 Å². The first kappa shape index (κ1) is 22.1. The first-order valence-electron chi connectivity index (χ1n) is 10.5. The van der Waals surface area contributed by atoms with Crippen molar-refractivity contribution in [2.24, 2.45) is 0 Å². The molecule has 0 aliphatic carbocycles. The van der Waals surface area contributed by atoms with Crippen LogP contribution in [0, 0.1) is 0 Å². The molecule has 0 aromatic heterocycles. The van der Waals surface area contributed by atoms with Crippen LogP contribution < -0.4 is 21.2 Å². The number of hydrogen-bond donors (Lipinski definition) is 0. The van der Waals surface area contributed by atoms with Gasteiger partial charge in [0.2, 0.25) is 0 Å². The molecule has 31 heavy (non-hydrogen) atoms. The zero-order valence-corrected chi connectivity index (χ0v) is 20.5.